The summed E-state index contributed by atoms with van der Waals surface area (Å²) in [5, 5.41) is 0. The highest BCUT2D eigenvalue weighted by atomic mass is 16.5. The van der Waals surface area contributed by atoms with Crippen LogP contribution in [0.4, 0.5) is 0 Å². The van der Waals surface area contributed by atoms with Gasteiger partial charge in [0.15, 0.2) is 0 Å². The van der Waals surface area contributed by atoms with Crippen molar-refractivity contribution in [1.29, 1.82) is 0 Å². The van der Waals surface area contributed by atoms with Gasteiger partial charge in [-0.05, 0) is 0 Å². The number of ether oxygens (including phenoxy) is 1. The third kappa shape index (κ3) is 3.06. The van der Waals surface area contributed by atoms with Crippen LogP contribution in [0.5, 0.6) is 0 Å². The van der Waals surface area contributed by atoms with Crippen molar-refractivity contribution in [3.8, 4) is 0 Å². The van der Waals surface area contributed by atoms with Crippen molar-refractivity contribution < 1.29 is 9.53 Å². The number of esters is 1. The Balaban J connectivity index is 2.69. The van der Waals surface area contributed by atoms with Crippen LogP contribution in [-0.2, 0) is 21.4 Å². The minimum Gasteiger partial charge on any atom is -0.468 e. The molecule has 3 N–H and O–H groups in total. The smallest absolute Gasteiger partial charge is 0.323 e. The summed E-state index contributed by atoms with van der Waals surface area (Å²) < 4.78 is 4.56. The number of imidazole rings is 1. The average Bonchev–Trinajstić information content (AvgIpc) is 2.64. The fourth-order valence-corrected chi connectivity index (χ4v) is 1.32. The van der Waals surface area contributed by atoms with Gasteiger partial charge in [-0.25, -0.2) is 4.98 Å². The molecule has 0 unspecified atom stereocenters. The molecule has 0 aliphatic heterocycles. The standard InChI is InChI=1S/C11H19N3O2/c1-11(2,3)10-13-6-7(14-10)5-8(12)9(15)16-4/h6,8H,5,12H2,1-4H3,(H,13,14)/t8-/m0/s1. The molecule has 0 aromatic carbocycles. The van der Waals surface area contributed by atoms with Crippen LogP contribution in [0.2, 0.25) is 0 Å². The van der Waals surface area contributed by atoms with Crippen LogP contribution in [0.15, 0.2) is 6.20 Å². The molecule has 1 heterocycles. The van der Waals surface area contributed by atoms with Crippen molar-refractivity contribution in [2.45, 2.75) is 38.6 Å². The maximum Gasteiger partial charge on any atom is 0.323 e. The highest BCUT2D eigenvalue weighted by Crippen LogP contribution is 2.18. The van der Waals surface area contributed by atoms with Crippen LogP contribution in [-0.4, -0.2) is 29.1 Å². The van der Waals surface area contributed by atoms with Crippen molar-refractivity contribution in [3.05, 3.63) is 17.7 Å². The molecule has 0 fully saturated rings. The lowest BCUT2D eigenvalue weighted by Gasteiger charge is -2.14. The molecule has 1 aromatic rings. The van der Waals surface area contributed by atoms with Gasteiger partial charge in [0.05, 0.1) is 7.11 Å². The molecular formula is C11H19N3O2. The summed E-state index contributed by atoms with van der Waals surface area (Å²) in [7, 11) is 1.33. The molecule has 0 spiro atoms. The third-order valence-electron chi connectivity index (χ3n) is 2.28. The summed E-state index contributed by atoms with van der Waals surface area (Å²) in [6.45, 7) is 6.20. The van der Waals surface area contributed by atoms with E-state index in [-0.39, 0.29) is 5.41 Å². The van der Waals surface area contributed by atoms with Gasteiger partial charge in [-0.2, -0.15) is 0 Å². The van der Waals surface area contributed by atoms with Gasteiger partial charge in [-0.3, -0.25) is 4.79 Å². The number of nitrogens with one attached hydrogen (secondary N) is 1. The van der Waals surface area contributed by atoms with Gasteiger partial charge in [0.25, 0.3) is 0 Å². The van der Waals surface area contributed by atoms with E-state index in [2.05, 4.69) is 35.5 Å². The second-order valence-corrected chi connectivity index (χ2v) is 4.84. The van der Waals surface area contributed by atoms with Crippen LogP contribution in [0.25, 0.3) is 0 Å². The first-order valence-corrected chi connectivity index (χ1v) is 5.22. The molecule has 90 valence electrons. The normalized spacial score (nSPS) is 13.6. The summed E-state index contributed by atoms with van der Waals surface area (Å²) >= 11 is 0. The van der Waals surface area contributed by atoms with Gasteiger partial charge in [-0.15, -0.1) is 0 Å². The topological polar surface area (TPSA) is 81.0 Å². The van der Waals surface area contributed by atoms with Gasteiger partial charge < -0.3 is 15.5 Å². The van der Waals surface area contributed by atoms with Crippen molar-refractivity contribution in [3.63, 3.8) is 0 Å². The van der Waals surface area contributed by atoms with Crippen LogP contribution < -0.4 is 5.73 Å². The van der Waals surface area contributed by atoms with Gasteiger partial charge in [0, 0.05) is 23.7 Å². The van der Waals surface area contributed by atoms with Crippen LogP contribution in [0, 0.1) is 0 Å². The fraction of sp³-hybridized carbons (Fsp3) is 0.636. The summed E-state index contributed by atoms with van der Waals surface area (Å²) in [6, 6.07) is -0.640. The predicted molar refractivity (Wildman–Crippen MR) is 61.0 cm³/mol. The van der Waals surface area contributed by atoms with E-state index in [0.717, 1.165) is 11.5 Å². The Morgan fingerprint density at radius 3 is 2.69 bits per heavy atom. The van der Waals surface area contributed by atoms with Gasteiger partial charge in [0.1, 0.15) is 11.9 Å². The summed E-state index contributed by atoms with van der Waals surface area (Å²) in [5.41, 5.74) is 6.47. The molecule has 0 saturated carbocycles. The number of rotatable bonds is 3. The van der Waals surface area contributed by atoms with Crippen LogP contribution >= 0.6 is 0 Å². The highest BCUT2D eigenvalue weighted by molar-refractivity contribution is 5.75. The Morgan fingerprint density at radius 2 is 2.25 bits per heavy atom. The lowest BCUT2D eigenvalue weighted by molar-refractivity contribution is -0.142. The number of carbonyl (C=O) groups is 1. The second-order valence-electron chi connectivity index (χ2n) is 4.84. The SMILES string of the molecule is COC(=O)[C@@H](N)Cc1cnc(C(C)(C)C)[nH]1. The zero-order valence-electron chi connectivity index (χ0n) is 10.2. The molecule has 16 heavy (non-hydrogen) atoms. The van der Waals surface area contributed by atoms with Crippen molar-refractivity contribution in [2.24, 2.45) is 5.73 Å². The van der Waals surface area contributed by atoms with Gasteiger partial charge in [0.2, 0.25) is 0 Å². The zero-order chi connectivity index (χ0) is 12.3. The lowest BCUT2D eigenvalue weighted by atomic mass is 9.96. The van der Waals surface area contributed by atoms with E-state index in [1.54, 1.807) is 6.20 Å². The number of carbonyl (C=O) groups excluding carboxylic acids is 1. The first kappa shape index (κ1) is 12.7. The minimum atomic E-state index is -0.640. The number of aromatic amines is 1. The minimum absolute atomic E-state index is 0.0341. The number of hydrogen-bond donors (Lipinski definition) is 2. The van der Waals surface area contributed by atoms with E-state index in [4.69, 9.17) is 5.73 Å². The molecule has 1 atom stereocenters. The average molecular weight is 225 g/mol. The van der Waals surface area contributed by atoms with E-state index < -0.39 is 12.0 Å². The molecule has 5 nitrogen and oxygen atoms in total. The largest absolute Gasteiger partial charge is 0.468 e. The Kier molecular flexibility index (Phi) is 3.70. The zero-order valence-corrected chi connectivity index (χ0v) is 10.2. The van der Waals surface area contributed by atoms with E-state index in [1.807, 2.05) is 0 Å². The summed E-state index contributed by atoms with van der Waals surface area (Å²) in [5.74, 6) is 0.478. The molecule has 0 amide bonds. The Morgan fingerprint density at radius 1 is 1.62 bits per heavy atom. The lowest BCUT2D eigenvalue weighted by Crippen LogP contribution is -2.33. The number of aromatic nitrogens is 2. The fourth-order valence-electron chi connectivity index (χ4n) is 1.32. The number of nitrogens with two attached hydrogens (primary N) is 1. The highest BCUT2D eigenvalue weighted by Gasteiger charge is 2.20. The maximum atomic E-state index is 11.1. The first-order valence-electron chi connectivity index (χ1n) is 5.22. The molecule has 0 aliphatic carbocycles. The summed E-state index contributed by atoms with van der Waals surface area (Å²) in [6.07, 6.45) is 2.12. The Labute approximate surface area is 95.4 Å². The van der Waals surface area contributed by atoms with Crippen LogP contribution in [0.1, 0.15) is 32.3 Å². The predicted octanol–water partition coefficient (Wildman–Crippen LogP) is 0.750. The Bertz CT molecular complexity index is 366. The first-order chi connectivity index (χ1) is 7.34. The van der Waals surface area contributed by atoms with E-state index in [0.29, 0.717) is 6.42 Å². The van der Waals surface area contributed by atoms with E-state index >= 15 is 0 Å². The molecule has 0 saturated heterocycles. The number of methoxy groups -OCH3 is 1. The monoisotopic (exact) mass is 225 g/mol. The summed E-state index contributed by atoms with van der Waals surface area (Å²) in [4.78, 5) is 18.6. The van der Waals surface area contributed by atoms with Crippen molar-refractivity contribution in [1.82, 2.24) is 9.97 Å². The Hall–Kier alpha value is -1.36. The van der Waals surface area contributed by atoms with Gasteiger partial charge in [-0.1, -0.05) is 20.8 Å². The number of hydrogen-bond acceptors (Lipinski definition) is 4. The number of H-pyrrole nitrogens is 1. The van der Waals surface area contributed by atoms with E-state index in [9.17, 15) is 4.79 Å². The van der Waals surface area contributed by atoms with Crippen molar-refractivity contribution >= 4 is 5.97 Å². The molecule has 0 radical (unpaired) electrons. The molecule has 1 aromatic heterocycles. The van der Waals surface area contributed by atoms with Gasteiger partial charge >= 0.3 is 5.97 Å². The molecule has 0 bridgehead atoms. The molecule has 5 heteroatoms. The molecule has 0 aliphatic rings. The van der Waals surface area contributed by atoms with Crippen LogP contribution in [0.3, 0.4) is 0 Å². The number of nitrogens with zero attached hydrogens (tertiary/aromatic N) is 1. The quantitative estimate of drug-likeness (QED) is 0.744. The van der Waals surface area contributed by atoms with Crippen molar-refractivity contribution in [2.75, 3.05) is 7.11 Å². The molecule has 1 rings (SSSR count). The maximum absolute atomic E-state index is 11.1. The molecular weight excluding hydrogens is 206 g/mol. The second kappa shape index (κ2) is 4.65. The van der Waals surface area contributed by atoms with E-state index in [1.165, 1.54) is 7.11 Å². The third-order valence-corrected chi connectivity index (χ3v) is 2.28.